The average Bonchev–Trinajstić information content (AvgIpc) is 2.50. The highest BCUT2D eigenvalue weighted by Crippen LogP contribution is 2.07. The maximum Gasteiger partial charge on any atom is 0.410 e. The molecule has 0 aromatic carbocycles. The molecule has 0 spiro atoms. The molecule has 0 aliphatic rings. The number of carbonyl (C=O) groups is 3. The van der Waals surface area contributed by atoms with Gasteiger partial charge in [0, 0.05) is 6.92 Å². The summed E-state index contributed by atoms with van der Waals surface area (Å²) in [4.78, 5) is 38.1. The Kier molecular flexibility index (Phi) is 10.9. The zero-order valence-corrected chi connectivity index (χ0v) is 15.7. The van der Waals surface area contributed by atoms with Crippen molar-refractivity contribution in [2.75, 3.05) is 0 Å². The first kappa shape index (κ1) is 23.5. The molecule has 0 fully saturated rings. The Labute approximate surface area is 152 Å². The zero-order valence-electron chi connectivity index (χ0n) is 15.7. The Bertz CT molecular complexity index is 530. The first-order valence-corrected chi connectivity index (χ1v) is 8.30. The van der Waals surface area contributed by atoms with Crippen molar-refractivity contribution in [3.05, 3.63) is 5.53 Å². The van der Waals surface area contributed by atoms with Gasteiger partial charge in [0.2, 0.25) is 6.29 Å². The quantitative estimate of drug-likeness (QED) is 0.191. The highest BCUT2D eigenvalue weighted by atomic mass is 16.7. The van der Waals surface area contributed by atoms with Crippen molar-refractivity contribution in [1.29, 1.82) is 0 Å². The molecule has 0 aliphatic carbocycles. The fourth-order valence-corrected chi connectivity index (χ4v) is 1.70. The van der Waals surface area contributed by atoms with Crippen LogP contribution in [0.5, 0.6) is 0 Å². The summed E-state index contributed by atoms with van der Waals surface area (Å²) < 4.78 is 14.8. The third-order valence-electron chi connectivity index (χ3n) is 2.94. The summed E-state index contributed by atoms with van der Waals surface area (Å²) >= 11 is 0. The number of rotatable bonds is 10. The van der Waals surface area contributed by atoms with Crippen LogP contribution in [0.3, 0.4) is 0 Å². The lowest BCUT2D eigenvalue weighted by molar-refractivity contribution is -0.169. The van der Waals surface area contributed by atoms with Gasteiger partial charge in [-0.25, -0.2) is 9.59 Å². The van der Waals surface area contributed by atoms with E-state index < -0.39 is 42.6 Å². The number of amides is 1. The lowest BCUT2D eigenvalue weighted by Gasteiger charge is -2.21. The molecule has 0 aliphatic heterocycles. The van der Waals surface area contributed by atoms with E-state index >= 15 is 0 Å². The molecule has 2 N–H and O–H groups in total. The van der Waals surface area contributed by atoms with Crippen LogP contribution in [0, 0.1) is 5.92 Å². The molecule has 0 radical (unpaired) electrons. The van der Waals surface area contributed by atoms with Crippen LogP contribution >= 0.6 is 0 Å². The van der Waals surface area contributed by atoms with Gasteiger partial charge in [0.25, 0.3) is 6.21 Å². The predicted molar refractivity (Wildman–Crippen MR) is 89.9 cm³/mol. The van der Waals surface area contributed by atoms with Crippen molar-refractivity contribution in [2.45, 2.75) is 72.0 Å². The Balaban J connectivity index is 4.76. The molecular formula is C16H27N3O7. The minimum atomic E-state index is -1.14. The number of hydrogen-bond donors (Lipinski definition) is 2. The number of aliphatic hydroxyl groups is 1. The average molecular weight is 373 g/mol. The normalized spacial score (nSPS) is 14.0. The first-order chi connectivity index (χ1) is 12.1. The second-order valence-electron chi connectivity index (χ2n) is 6.16. The van der Waals surface area contributed by atoms with E-state index in [-0.39, 0.29) is 18.8 Å². The lowest BCUT2D eigenvalue weighted by Crippen LogP contribution is -2.44. The van der Waals surface area contributed by atoms with E-state index in [2.05, 4.69) is 10.1 Å². The molecule has 0 heterocycles. The minimum absolute atomic E-state index is 0.00794. The van der Waals surface area contributed by atoms with Gasteiger partial charge in [-0.05, 0) is 26.7 Å². The third-order valence-corrected chi connectivity index (χ3v) is 2.94. The molecule has 10 heteroatoms. The van der Waals surface area contributed by atoms with Crippen molar-refractivity contribution >= 4 is 24.2 Å². The van der Waals surface area contributed by atoms with E-state index in [1.807, 2.05) is 0 Å². The van der Waals surface area contributed by atoms with E-state index in [0.29, 0.717) is 0 Å². The molecule has 0 aromatic rings. The number of hydrogen-bond acceptors (Lipinski definition) is 7. The monoisotopic (exact) mass is 373 g/mol. The van der Waals surface area contributed by atoms with Crippen molar-refractivity contribution in [2.24, 2.45) is 5.92 Å². The van der Waals surface area contributed by atoms with E-state index in [4.69, 9.17) is 19.7 Å². The fourth-order valence-electron chi connectivity index (χ4n) is 1.70. The van der Waals surface area contributed by atoms with Crippen LogP contribution in [0.4, 0.5) is 4.79 Å². The molecule has 0 rings (SSSR count). The molecule has 0 saturated heterocycles. The van der Waals surface area contributed by atoms with Gasteiger partial charge < -0.3 is 30.2 Å². The summed E-state index contributed by atoms with van der Waals surface area (Å²) in [5, 5.41) is 11.8. The van der Waals surface area contributed by atoms with Crippen LogP contribution in [-0.2, 0) is 23.8 Å². The van der Waals surface area contributed by atoms with Gasteiger partial charge in [-0.2, -0.15) is 4.79 Å². The van der Waals surface area contributed by atoms with Gasteiger partial charge in [-0.3, -0.25) is 4.79 Å². The third kappa shape index (κ3) is 10.4. The number of esters is 2. The largest absolute Gasteiger partial charge is 0.461 e. The molecule has 1 amide bonds. The highest BCUT2D eigenvalue weighted by molar-refractivity contribution is 5.81. The molecule has 26 heavy (non-hydrogen) atoms. The Morgan fingerprint density at radius 3 is 2.15 bits per heavy atom. The summed E-state index contributed by atoms with van der Waals surface area (Å²) in [5.74, 6) is -1.63. The maximum absolute atomic E-state index is 12.1. The zero-order chi connectivity index (χ0) is 20.3. The smallest absolute Gasteiger partial charge is 0.410 e. The van der Waals surface area contributed by atoms with E-state index in [1.54, 1.807) is 27.7 Å². The number of nitrogens with zero attached hydrogens (tertiary/aromatic N) is 2. The van der Waals surface area contributed by atoms with E-state index in [9.17, 15) is 19.5 Å². The second kappa shape index (κ2) is 12.0. The fraction of sp³-hybridized carbons (Fsp3) is 0.750. The van der Waals surface area contributed by atoms with E-state index in [0.717, 1.165) is 6.21 Å². The van der Waals surface area contributed by atoms with Gasteiger partial charge in [-0.1, -0.05) is 13.8 Å². The predicted octanol–water partition coefficient (Wildman–Crippen LogP) is 1.02. The number of carbonyl (C=O) groups excluding carboxylic acids is 3. The van der Waals surface area contributed by atoms with Crippen LogP contribution in [0.1, 0.15) is 47.5 Å². The van der Waals surface area contributed by atoms with Crippen molar-refractivity contribution in [1.82, 2.24) is 5.32 Å². The number of aliphatic hydroxyl groups excluding tert-OH is 1. The molecule has 10 nitrogen and oxygen atoms in total. The van der Waals surface area contributed by atoms with E-state index in [1.165, 1.54) is 6.92 Å². The molecule has 3 atom stereocenters. The minimum Gasteiger partial charge on any atom is -0.461 e. The summed E-state index contributed by atoms with van der Waals surface area (Å²) in [6, 6.07) is -1.10. The Hall–Kier alpha value is -2.45. The summed E-state index contributed by atoms with van der Waals surface area (Å²) in [6.07, 6.45) is -2.70. The van der Waals surface area contributed by atoms with Gasteiger partial charge in [0.05, 0.1) is 12.0 Å². The number of nitrogens with one attached hydrogen (secondary N) is 1. The SMILES string of the molecule is CC(C)OC(=O)[C@H](CCC(O)C=[N+]=[N-])NC(=O)OC(C)OC(=O)C(C)C. The molecule has 148 valence electrons. The second-order valence-corrected chi connectivity index (χ2v) is 6.16. The van der Waals surface area contributed by atoms with Crippen LogP contribution in [0.15, 0.2) is 0 Å². The van der Waals surface area contributed by atoms with Crippen LogP contribution in [0.25, 0.3) is 5.53 Å². The standard InChI is InChI=1S/C16H27N3O7/c1-9(2)14(21)25-11(5)26-16(23)19-13(15(22)24-10(3)4)7-6-12(20)8-18-17/h8-13,20H,6-7H2,1-5H3,(H,19,23)/t11?,12?,13-/m0/s1. The van der Waals surface area contributed by atoms with Crippen molar-refractivity contribution in [3.8, 4) is 0 Å². The highest BCUT2D eigenvalue weighted by Gasteiger charge is 2.26. The summed E-state index contributed by atoms with van der Waals surface area (Å²) in [7, 11) is 0. The number of alkyl carbamates (subject to hydrolysis) is 1. The van der Waals surface area contributed by atoms with Gasteiger partial charge in [0.1, 0.15) is 12.1 Å². The Morgan fingerprint density at radius 2 is 1.65 bits per heavy atom. The molecule has 0 saturated carbocycles. The topological polar surface area (TPSA) is 148 Å². The van der Waals surface area contributed by atoms with Crippen molar-refractivity contribution < 1.29 is 38.5 Å². The van der Waals surface area contributed by atoms with Crippen molar-refractivity contribution in [3.63, 3.8) is 0 Å². The Morgan fingerprint density at radius 1 is 1.04 bits per heavy atom. The van der Waals surface area contributed by atoms with Crippen LogP contribution in [-0.4, -0.2) is 58.7 Å². The molecule has 2 unspecified atom stereocenters. The summed E-state index contributed by atoms with van der Waals surface area (Å²) in [5.41, 5.74) is 8.37. The first-order valence-electron chi connectivity index (χ1n) is 8.30. The number of ether oxygens (including phenoxy) is 3. The molecule has 0 aromatic heterocycles. The van der Waals surface area contributed by atoms with Gasteiger partial charge in [0.15, 0.2) is 0 Å². The van der Waals surface area contributed by atoms with Gasteiger partial charge in [-0.15, -0.1) is 0 Å². The lowest BCUT2D eigenvalue weighted by atomic mass is 10.1. The maximum atomic E-state index is 12.1. The van der Waals surface area contributed by atoms with Gasteiger partial charge >= 0.3 is 18.0 Å². The molecular weight excluding hydrogens is 346 g/mol. The summed E-state index contributed by atoms with van der Waals surface area (Å²) in [6.45, 7) is 7.92. The van der Waals surface area contributed by atoms with Crippen LogP contribution < -0.4 is 5.32 Å². The molecule has 0 bridgehead atoms. The van der Waals surface area contributed by atoms with Crippen LogP contribution in [0.2, 0.25) is 0 Å².